The summed E-state index contributed by atoms with van der Waals surface area (Å²) in [6.07, 6.45) is 0.840. The van der Waals surface area contributed by atoms with Crippen LogP contribution in [0.2, 0.25) is 0 Å². The lowest BCUT2D eigenvalue weighted by molar-refractivity contribution is 0.0936. The predicted molar refractivity (Wildman–Crippen MR) is 74.3 cm³/mol. The Hall–Kier alpha value is -1.22. The molecule has 0 saturated heterocycles. The molecule has 0 heterocycles. The van der Waals surface area contributed by atoms with E-state index < -0.39 is 0 Å². The molecule has 2 N–H and O–H groups in total. The molecule has 0 aromatic heterocycles. The summed E-state index contributed by atoms with van der Waals surface area (Å²) >= 11 is 5.84. The molecule has 0 aliphatic rings. The van der Waals surface area contributed by atoms with Crippen LogP contribution in [0.15, 0.2) is 18.2 Å². The number of carbonyl (C=O) groups excluding carboxylic acids is 1. The maximum atomic E-state index is 12.0. The second-order valence-electron chi connectivity index (χ2n) is 4.96. The zero-order valence-electron chi connectivity index (χ0n) is 11.0. The van der Waals surface area contributed by atoms with Crippen molar-refractivity contribution in [3.8, 4) is 5.75 Å². The Kier molecular flexibility index (Phi) is 5.48. The third kappa shape index (κ3) is 4.22. The Morgan fingerprint density at radius 1 is 1.44 bits per heavy atom. The highest BCUT2D eigenvalue weighted by Crippen LogP contribution is 2.17. The number of nitrogens with one attached hydrogen (secondary N) is 1. The summed E-state index contributed by atoms with van der Waals surface area (Å²) in [5.74, 6) is 0.799. The number of carbonyl (C=O) groups is 1. The van der Waals surface area contributed by atoms with Crippen molar-refractivity contribution >= 4 is 17.5 Å². The van der Waals surface area contributed by atoms with Crippen LogP contribution in [-0.2, 0) is 0 Å². The summed E-state index contributed by atoms with van der Waals surface area (Å²) < 4.78 is 0. The molecular weight excluding hydrogens is 250 g/mol. The number of aromatic hydroxyl groups is 1. The van der Waals surface area contributed by atoms with Gasteiger partial charge in [0.05, 0.1) is 0 Å². The molecule has 100 valence electrons. The summed E-state index contributed by atoms with van der Waals surface area (Å²) in [5, 5.41) is 12.5. The van der Waals surface area contributed by atoms with Crippen molar-refractivity contribution in [1.82, 2.24) is 5.32 Å². The van der Waals surface area contributed by atoms with Crippen molar-refractivity contribution in [2.75, 3.05) is 5.88 Å². The minimum atomic E-state index is -0.198. The monoisotopic (exact) mass is 269 g/mol. The Morgan fingerprint density at radius 2 is 2.11 bits per heavy atom. The smallest absolute Gasteiger partial charge is 0.251 e. The highest BCUT2D eigenvalue weighted by Gasteiger charge is 2.14. The van der Waals surface area contributed by atoms with Crippen LogP contribution in [0.5, 0.6) is 5.75 Å². The molecule has 0 spiro atoms. The fourth-order valence-corrected chi connectivity index (χ4v) is 1.95. The first kappa shape index (κ1) is 14.8. The molecule has 4 heteroatoms. The lowest BCUT2D eigenvalue weighted by Crippen LogP contribution is -2.37. The van der Waals surface area contributed by atoms with Gasteiger partial charge >= 0.3 is 0 Å². The summed E-state index contributed by atoms with van der Waals surface area (Å²) in [6.45, 7) is 5.96. The molecule has 0 saturated carbocycles. The maximum absolute atomic E-state index is 12.0. The molecule has 1 aromatic carbocycles. The molecule has 1 atom stereocenters. The van der Waals surface area contributed by atoms with Crippen molar-refractivity contribution in [2.45, 2.75) is 33.2 Å². The number of aryl methyl sites for hydroxylation is 1. The van der Waals surface area contributed by atoms with Gasteiger partial charge in [-0.3, -0.25) is 4.79 Å². The van der Waals surface area contributed by atoms with Crippen LogP contribution in [0.4, 0.5) is 0 Å². The number of halogens is 1. The average Bonchev–Trinajstić information content (AvgIpc) is 2.31. The van der Waals surface area contributed by atoms with E-state index in [-0.39, 0.29) is 17.7 Å². The van der Waals surface area contributed by atoms with Gasteiger partial charge in [0.25, 0.3) is 5.91 Å². The number of hydrogen-bond acceptors (Lipinski definition) is 2. The molecule has 1 unspecified atom stereocenters. The number of amides is 1. The van der Waals surface area contributed by atoms with Gasteiger partial charge in [-0.25, -0.2) is 0 Å². The first-order chi connectivity index (χ1) is 8.43. The number of alkyl halides is 1. The standard InChI is InChI=1S/C14H20ClNO2/c1-9(2)6-12(8-15)16-14(18)11-5-4-10(3)13(17)7-11/h4-5,7,9,12,17H,6,8H2,1-3H3,(H,16,18). The quantitative estimate of drug-likeness (QED) is 0.807. The van der Waals surface area contributed by atoms with Gasteiger partial charge in [-0.15, -0.1) is 11.6 Å². The third-order valence-electron chi connectivity index (χ3n) is 2.75. The van der Waals surface area contributed by atoms with Gasteiger partial charge in [-0.1, -0.05) is 19.9 Å². The molecule has 3 nitrogen and oxygen atoms in total. The van der Waals surface area contributed by atoms with E-state index in [4.69, 9.17) is 11.6 Å². The fraction of sp³-hybridized carbons (Fsp3) is 0.500. The van der Waals surface area contributed by atoms with Crippen molar-refractivity contribution in [3.63, 3.8) is 0 Å². The summed E-state index contributed by atoms with van der Waals surface area (Å²) in [5.41, 5.74) is 1.21. The molecule has 0 bridgehead atoms. The molecule has 0 aliphatic carbocycles. The molecule has 1 aromatic rings. The van der Waals surface area contributed by atoms with Gasteiger partial charge in [0.1, 0.15) is 5.75 Å². The SMILES string of the molecule is Cc1ccc(C(=O)NC(CCl)CC(C)C)cc1O. The minimum Gasteiger partial charge on any atom is -0.508 e. The first-order valence-corrected chi connectivity index (χ1v) is 6.64. The van der Waals surface area contributed by atoms with E-state index in [1.54, 1.807) is 19.1 Å². The number of rotatable bonds is 5. The van der Waals surface area contributed by atoms with Gasteiger partial charge in [0.15, 0.2) is 0 Å². The second kappa shape index (κ2) is 6.64. The Balaban J connectivity index is 2.71. The summed E-state index contributed by atoms with van der Waals surface area (Å²) in [7, 11) is 0. The van der Waals surface area contributed by atoms with E-state index in [1.165, 1.54) is 6.07 Å². The van der Waals surface area contributed by atoms with Crippen LogP contribution < -0.4 is 5.32 Å². The highest BCUT2D eigenvalue weighted by atomic mass is 35.5. The number of phenolic OH excluding ortho intramolecular Hbond substituents is 1. The van der Waals surface area contributed by atoms with Crippen LogP contribution in [0, 0.1) is 12.8 Å². The predicted octanol–water partition coefficient (Wildman–Crippen LogP) is 3.08. The third-order valence-corrected chi connectivity index (χ3v) is 3.12. The number of hydrogen-bond donors (Lipinski definition) is 2. The Bertz CT molecular complexity index is 418. The fourth-order valence-electron chi connectivity index (χ4n) is 1.75. The Labute approximate surface area is 113 Å². The van der Waals surface area contributed by atoms with Crippen LogP contribution in [-0.4, -0.2) is 22.9 Å². The van der Waals surface area contributed by atoms with Gasteiger partial charge in [-0.05, 0) is 37.0 Å². The van der Waals surface area contributed by atoms with Gasteiger partial charge in [-0.2, -0.15) is 0 Å². The lowest BCUT2D eigenvalue weighted by Gasteiger charge is -2.18. The minimum absolute atomic E-state index is 0.0392. The second-order valence-corrected chi connectivity index (χ2v) is 5.26. The van der Waals surface area contributed by atoms with Crippen LogP contribution >= 0.6 is 11.6 Å². The lowest BCUT2D eigenvalue weighted by atomic mass is 10.0. The first-order valence-electron chi connectivity index (χ1n) is 6.10. The van der Waals surface area contributed by atoms with E-state index in [0.29, 0.717) is 17.4 Å². The number of benzene rings is 1. The van der Waals surface area contributed by atoms with E-state index >= 15 is 0 Å². The molecule has 0 fully saturated rings. The molecular formula is C14H20ClNO2. The van der Waals surface area contributed by atoms with Gasteiger partial charge < -0.3 is 10.4 Å². The highest BCUT2D eigenvalue weighted by molar-refractivity contribution is 6.18. The molecule has 1 rings (SSSR count). The number of phenols is 1. The molecule has 18 heavy (non-hydrogen) atoms. The van der Waals surface area contributed by atoms with Crippen LogP contribution in [0.3, 0.4) is 0 Å². The van der Waals surface area contributed by atoms with E-state index in [2.05, 4.69) is 19.2 Å². The normalized spacial score (nSPS) is 12.5. The molecule has 0 radical (unpaired) electrons. The van der Waals surface area contributed by atoms with E-state index in [1.807, 2.05) is 0 Å². The van der Waals surface area contributed by atoms with Gasteiger partial charge in [0, 0.05) is 17.5 Å². The summed E-state index contributed by atoms with van der Waals surface area (Å²) in [6, 6.07) is 4.86. The van der Waals surface area contributed by atoms with Crippen molar-refractivity contribution in [3.05, 3.63) is 29.3 Å². The van der Waals surface area contributed by atoms with E-state index in [0.717, 1.165) is 12.0 Å². The van der Waals surface area contributed by atoms with Crippen molar-refractivity contribution in [2.24, 2.45) is 5.92 Å². The molecule has 1 amide bonds. The largest absolute Gasteiger partial charge is 0.508 e. The summed E-state index contributed by atoms with van der Waals surface area (Å²) in [4.78, 5) is 12.0. The van der Waals surface area contributed by atoms with Crippen molar-refractivity contribution in [1.29, 1.82) is 0 Å². The zero-order chi connectivity index (χ0) is 13.7. The molecule has 0 aliphatic heterocycles. The Morgan fingerprint density at radius 3 is 2.61 bits per heavy atom. The van der Waals surface area contributed by atoms with Gasteiger partial charge in [0.2, 0.25) is 0 Å². The average molecular weight is 270 g/mol. The zero-order valence-corrected chi connectivity index (χ0v) is 11.8. The van der Waals surface area contributed by atoms with Crippen LogP contribution in [0.1, 0.15) is 36.2 Å². The topological polar surface area (TPSA) is 49.3 Å². The van der Waals surface area contributed by atoms with Crippen molar-refractivity contribution < 1.29 is 9.90 Å². The van der Waals surface area contributed by atoms with Crippen LogP contribution in [0.25, 0.3) is 0 Å². The maximum Gasteiger partial charge on any atom is 0.251 e. The van der Waals surface area contributed by atoms with E-state index in [9.17, 15) is 9.90 Å².